The number of nitrogens with two attached hydrogens (primary N) is 8. The molecule has 4 atom stereocenters. The number of carbonyl (C=O) groups excluding carboxylic acids is 4. The van der Waals surface area contributed by atoms with Crippen LogP contribution in [0, 0.1) is 21.6 Å². The lowest BCUT2D eigenvalue weighted by Crippen LogP contribution is -2.42. The number of hydrogen-bond acceptors (Lipinski definition) is 16. The summed E-state index contributed by atoms with van der Waals surface area (Å²) in [5.41, 5.74) is 46.6. The van der Waals surface area contributed by atoms with Gasteiger partial charge in [-0.05, 0) is 142 Å². The van der Waals surface area contributed by atoms with Crippen LogP contribution in [0.15, 0.2) is 0 Å². The Labute approximate surface area is 462 Å². The molecule has 77 heavy (non-hydrogen) atoms. The molecule has 0 radical (unpaired) electrons. The number of nitrogens with one attached hydrogen (secondary N) is 8. The molecule has 24 N–H and O–H groups in total. The molecule has 0 aliphatic heterocycles. The minimum absolute atomic E-state index is 0.164. The molecular formula is C53H111N19O5. The molecule has 0 fully saturated rings. The van der Waals surface area contributed by atoms with Gasteiger partial charge in [-0.3, -0.25) is 40.8 Å². The Balaban J connectivity index is 5.53. The van der Waals surface area contributed by atoms with E-state index in [0.717, 1.165) is 174 Å². The second-order valence-corrected chi connectivity index (χ2v) is 20.7. The Hall–Kier alpha value is -4.56. The molecule has 4 amide bonds. The van der Waals surface area contributed by atoms with Crippen molar-refractivity contribution in [3.8, 4) is 0 Å². The van der Waals surface area contributed by atoms with Crippen LogP contribution in [-0.4, -0.2) is 185 Å². The van der Waals surface area contributed by atoms with Crippen LogP contribution in [0.1, 0.15) is 167 Å². The Morgan fingerprint density at radius 1 is 0.351 bits per heavy atom. The summed E-state index contributed by atoms with van der Waals surface area (Å²) in [5, 5.41) is 41.6. The fourth-order valence-electron chi connectivity index (χ4n) is 8.79. The third kappa shape index (κ3) is 45.1. The van der Waals surface area contributed by atoms with Crippen LogP contribution in [0.3, 0.4) is 0 Å². The van der Waals surface area contributed by atoms with Gasteiger partial charge in [0, 0.05) is 65.5 Å². The number of unbranched alkanes of at least 4 members (excludes halogenated alkanes) is 8. The van der Waals surface area contributed by atoms with Crippen molar-refractivity contribution in [1.82, 2.24) is 36.0 Å². The van der Waals surface area contributed by atoms with Gasteiger partial charge in [-0.1, -0.05) is 51.4 Å². The minimum Gasteiger partial charge on any atom is -0.388 e. The first-order chi connectivity index (χ1) is 36.9. The molecule has 448 valence electrons. The van der Waals surface area contributed by atoms with E-state index < -0.39 is 24.2 Å². The van der Waals surface area contributed by atoms with Crippen molar-refractivity contribution in [2.45, 2.75) is 191 Å². The second-order valence-electron chi connectivity index (χ2n) is 20.7. The molecule has 0 aliphatic carbocycles. The molecule has 0 saturated carbocycles. The number of amides is 4. The van der Waals surface area contributed by atoms with Gasteiger partial charge in [-0.2, -0.15) is 0 Å². The predicted octanol–water partition coefficient (Wildman–Crippen LogP) is 1.20. The zero-order valence-electron chi connectivity index (χ0n) is 47.6. The third-order valence-corrected chi connectivity index (χ3v) is 13.5. The normalized spacial score (nSPS) is 13.0. The largest absolute Gasteiger partial charge is 0.388 e. The van der Waals surface area contributed by atoms with E-state index in [1.807, 2.05) is 0 Å². The van der Waals surface area contributed by atoms with Crippen LogP contribution < -0.4 is 67.1 Å². The number of hydrogen-bond donors (Lipinski definition) is 16. The highest BCUT2D eigenvalue weighted by molar-refractivity contribution is 5.83. The van der Waals surface area contributed by atoms with Crippen LogP contribution in [0.25, 0.3) is 0 Å². The topological polar surface area (TPSA) is 439 Å². The van der Waals surface area contributed by atoms with E-state index >= 15 is 0 Å². The van der Waals surface area contributed by atoms with Crippen molar-refractivity contribution in [3.05, 3.63) is 0 Å². The standard InChI is InChI=1S/C53H111N19O5/c1-77-41-40-72(38-18-36-70(32-14-28-66-50(73)42(54)20-6-2-10-24-46(58)59)33-15-29-67-51(74)43(55)21-7-3-11-25-47(60)61)39-19-37-71(34-16-30-68-52(75)44(56)22-8-4-12-26-48(62)63)35-17-31-69-53(76)45(57)23-9-5-13-27-49(64)65/h42-45H,2-41,54-57H2,1H3,(H3,58,59)(H3,60,61)(H3,62,63)(H3,64,65)(H,66,73)(H,67,74)(H,68,75)(H,69,76)/t42-,43-,44-,45-/m0/s1. The first-order valence-electron chi connectivity index (χ1n) is 29.0. The highest BCUT2D eigenvalue weighted by Gasteiger charge is 2.18. The highest BCUT2D eigenvalue weighted by atomic mass is 16.5. The summed E-state index contributed by atoms with van der Waals surface area (Å²) in [4.78, 5) is 58.3. The van der Waals surface area contributed by atoms with Crippen LogP contribution in [0.4, 0.5) is 0 Å². The van der Waals surface area contributed by atoms with E-state index in [-0.39, 0.29) is 47.0 Å². The molecule has 24 nitrogen and oxygen atoms in total. The molecule has 24 heteroatoms. The third-order valence-electron chi connectivity index (χ3n) is 13.5. The number of carbonyl (C=O) groups is 4. The maximum absolute atomic E-state index is 12.8. The van der Waals surface area contributed by atoms with Crippen molar-refractivity contribution in [3.63, 3.8) is 0 Å². The molecule has 0 heterocycles. The maximum Gasteiger partial charge on any atom is 0.236 e. The molecular weight excluding hydrogens is 983 g/mol. The Morgan fingerprint density at radius 3 is 0.792 bits per heavy atom. The summed E-state index contributed by atoms with van der Waals surface area (Å²) in [5.74, 6) is 0.0246. The molecule has 0 unspecified atom stereocenters. The average molecular weight is 1090 g/mol. The number of ether oxygens (including phenoxy) is 1. The Morgan fingerprint density at radius 2 is 0.571 bits per heavy atom. The molecule has 0 aromatic heterocycles. The van der Waals surface area contributed by atoms with Gasteiger partial charge in [-0.25, -0.2) is 0 Å². The van der Waals surface area contributed by atoms with Gasteiger partial charge in [0.15, 0.2) is 0 Å². The number of amidine groups is 4. The van der Waals surface area contributed by atoms with Crippen molar-refractivity contribution >= 4 is 47.0 Å². The predicted molar refractivity (Wildman–Crippen MR) is 313 cm³/mol. The van der Waals surface area contributed by atoms with E-state index in [1.54, 1.807) is 7.11 Å². The summed E-state index contributed by atoms with van der Waals surface area (Å²) < 4.78 is 5.51. The second kappa shape index (κ2) is 48.6. The summed E-state index contributed by atoms with van der Waals surface area (Å²) >= 11 is 0. The molecule has 0 spiro atoms. The lowest BCUT2D eigenvalue weighted by Gasteiger charge is -2.28. The van der Waals surface area contributed by atoms with Crippen LogP contribution in [0.5, 0.6) is 0 Å². The van der Waals surface area contributed by atoms with Crippen molar-refractivity contribution < 1.29 is 23.9 Å². The summed E-state index contributed by atoms with van der Waals surface area (Å²) in [7, 11) is 1.71. The van der Waals surface area contributed by atoms with E-state index in [4.69, 9.17) is 72.2 Å². The zero-order valence-corrected chi connectivity index (χ0v) is 47.6. The number of methoxy groups -OCH3 is 1. The van der Waals surface area contributed by atoms with Crippen LogP contribution in [-0.2, 0) is 23.9 Å². The number of rotatable bonds is 55. The van der Waals surface area contributed by atoms with E-state index in [9.17, 15) is 19.2 Å². The van der Waals surface area contributed by atoms with Gasteiger partial charge in [0.05, 0.1) is 54.1 Å². The molecule has 0 bridgehead atoms. The molecule has 0 rings (SSSR count). The van der Waals surface area contributed by atoms with Gasteiger partial charge in [-0.15, -0.1) is 0 Å². The highest BCUT2D eigenvalue weighted by Crippen LogP contribution is 2.09. The zero-order chi connectivity index (χ0) is 57.5. The number of nitrogens with zero attached hydrogens (tertiary/aromatic N) is 3. The van der Waals surface area contributed by atoms with Crippen LogP contribution >= 0.6 is 0 Å². The summed E-state index contributed by atoms with van der Waals surface area (Å²) in [6.07, 6.45) is 19.1. The maximum atomic E-state index is 12.8. The van der Waals surface area contributed by atoms with Gasteiger partial charge >= 0.3 is 0 Å². The van der Waals surface area contributed by atoms with Gasteiger partial charge in [0.1, 0.15) is 0 Å². The summed E-state index contributed by atoms with van der Waals surface area (Å²) in [6.45, 7) is 9.71. The minimum atomic E-state index is -0.587. The molecule has 0 aromatic carbocycles. The average Bonchev–Trinajstić information content (AvgIpc) is 3.38. The van der Waals surface area contributed by atoms with Gasteiger partial charge in [0.25, 0.3) is 0 Å². The molecule has 0 aromatic rings. The Bertz CT molecular complexity index is 1400. The quantitative estimate of drug-likeness (QED) is 0.0231. The lowest BCUT2D eigenvalue weighted by atomic mass is 10.1. The molecule has 0 aliphatic rings. The van der Waals surface area contributed by atoms with Crippen LogP contribution in [0.2, 0.25) is 0 Å². The van der Waals surface area contributed by atoms with E-state index in [1.165, 1.54) is 0 Å². The SMILES string of the molecule is COCCN(CCCN(CCCNC(=O)[C@@H](N)CCCCCC(=N)N)CCCNC(=O)[C@@H](N)CCCCCC(=N)N)CCCN(CCCNC(=O)[C@@H](N)CCCCCC(=N)N)CCCNC(=O)[C@@H](N)CCCCCC(=N)N. The first kappa shape index (κ1) is 72.4. The van der Waals surface area contributed by atoms with Crippen molar-refractivity contribution in [2.24, 2.45) is 45.9 Å². The Kier molecular flexibility index (Phi) is 45.7. The van der Waals surface area contributed by atoms with Crippen molar-refractivity contribution in [1.29, 1.82) is 21.6 Å². The van der Waals surface area contributed by atoms with E-state index in [0.29, 0.717) is 84.2 Å². The smallest absolute Gasteiger partial charge is 0.236 e. The van der Waals surface area contributed by atoms with Crippen molar-refractivity contribution in [2.75, 3.05) is 98.8 Å². The fraction of sp³-hybridized carbons (Fsp3) is 0.849. The van der Waals surface area contributed by atoms with E-state index in [2.05, 4.69) is 36.0 Å². The lowest BCUT2D eigenvalue weighted by molar-refractivity contribution is -0.123. The first-order valence-corrected chi connectivity index (χ1v) is 29.0. The molecule has 0 saturated heterocycles. The fourth-order valence-corrected chi connectivity index (χ4v) is 8.79. The monoisotopic (exact) mass is 1090 g/mol. The summed E-state index contributed by atoms with van der Waals surface area (Å²) in [6, 6.07) is -2.35. The van der Waals surface area contributed by atoms with Gasteiger partial charge < -0.3 is 86.6 Å². The van der Waals surface area contributed by atoms with Gasteiger partial charge in [0.2, 0.25) is 23.6 Å².